The Morgan fingerprint density at radius 3 is 2.78 bits per heavy atom. The zero-order valence-electron chi connectivity index (χ0n) is 10.9. The number of nitrogens with two attached hydrogens (primary N) is 1. The second-order valence-electron chi connectivity index (χ2n) is 4.74. The molecule has 1 aliphatic rings. The molecule has 4 heteroatoms. The predicted molar refractivity (Wildman–Crippen MR) is 77.9 cm³/mol. The highest BCUT2D eigenvalue weighted by Gasteiger charge is 2.16. The van der Waals surface area contributed by atoms with Gasteiger partial charge in [-0.15, -0.1) is 0 Å². The van der Waals surface area contributed by atoms with Gasteiger partial charge in [-0.3, -0.25) is 0 Å². The Kier molecular flexibility index (Phi) is 4.89. The van der Waals surface area contributed by atoms with Crippen molar-refractivity contribution in [3.05, 3.63) is 29.6 Å². The standard InChI is InChI=1S/C14H21FN2S/c1-2-13(16)10-11-9-12(15)3-4-14(11)17-5-7-18-8-6-17/h3-4,9,13H,2,5-8,10,16H2,1H3. The minimum absolute atomic E-state index is 0.115. The minimum Gasteiger partial charge on any atom is -0.370 e. The van der Waals surface area contributed by atoms with Crippen LogP contribution in [0.15, 0.2) is 18.2 Å². The van der Waals surface area contributed by atoms with Gasteiger partial charge in [0.2, 0.25) is 0 Å². The van der Waals surface area contributed by atoms with E-state index in [4.69, 9.17) is 5.73 Å². The summed E-state index contributed by atoms with van der Waals surface area (Å²) in [6.07, 6.45) is 1.68. The van der Waals surface area contributed by atoms with Crippen LogP contribution in [0.3, 0.4) is 0 Å². The van der Waals surface area contributed by atoms with E-state index in [1.54, 1.807) is 12.1 Å². The number of rotatable bonds is 4. The number of benzene rings is 1. The molecule has 1 aliphatic heterocycles. The lowest BCUT2D eigenvalue weighted by atomic mass is 10.0. The first kappa shape index (κ1) is 13.7. The van der Waals surface area contributed by atoms with Crippen molar-refractivity contribution in [3.8, 4) is 0 Å². The van der Waals surface area contributed by atoms with Gasteiger partial charge in [-0.1, -0.05) is 6.92 Å². The Bertz CT molecular complexity index is 391. The normalized spacial score (nSPS) is 17.8. The molecule has 0 bridgehead atoms. The molecule has 1 unspecified atom stereocenters. The molecule has 0 radical (unpaired) electrons. The molecule has 1 saturated heterocycles. The maximum Gasteiger partial charge on any atom is 0.123 e. The Balaban J connectivity index is 2.21. The summed E-state index contributed by atoms with van der Waals surface area (Å²) in [6.45, 7) is 4.16. The van der Waals surface area contributed by atoms with Gasteiger partial charge in [0.15, 0.2) is 0 Å². The molecule has 0 saturated carbocycles. The van der Waals surface area contributed by atoms with Crippen molar-refractivity contribution in [2.45, 2.75) is 25.8 Å². The van der Waals surface area contributed by atoms with Crippen molar-refractivity contribution < 1.29 is 4.39 Å². The Labute approximate surface area is 113 Å². The van der Waals surface area contributed by atoms with Crippen LogP contribution in [-0.2, 0) is 6.42 Å². The lowest BCUT2D eigenvalue weighted by Gasteiger charge is -2.31. The van der Waals surface area contributed by atoms with Crippen molar-refractivity contribution in [1.29, 1.82) is 0 Å². The third-order valence-electron chi connectivity index (χ3n) is 3.40. The topological polar surface area (TPSA) is 29.3 Å². The molecular weight excluding hydrogens is 247 g/mol. The van der Waals surface area contributed by atoms with Gasteiger partial charge >= 0.3 is 0 Å². The van der Waals surface area contributed by atoms with Gasteiger partial charge < -0.3 is 10.6 Å². The van der Waals surface area contributed by atoms with Gasteiger partial charge in [0.05, 0.1) is 0 Å². The first-order chi connectivity index (χ1) is 8.70. The van der Waals surface area contributed by atoms with Gasteiger partial charge in [0.1, 0.15) is 5.82 Å². The Hall–Kier alpha value is -0.740. The molecule has 18 heavy (non-hydrogen) atoms. The molecule has 2 N–H and O–H groups in total. The smallest absolute Gasteiger partial charge is 0.123 e. The van der Waals surface area contributed by atoms with Crippen LogP contribution in [-0.4, -0.2) is 30.6 Å². The van der Waals surface area contributed by atoms with E-state index in [9.17, 15) is 4.39 Å². The molecule has 0 aliphatic carbocycles. The molecular formula is C14H21FN2S. The molecule has 1 fully saturated rings. The van der Waals surface area contributed by atoms with Gasteiger partial charge in [-0.25, -0.2) is 4.39 Å². The van der Waals surface area contributed by atoms with Crippen LogP contribution < -0.4 is 10.6 Å². The fraction of sp³-hybridized carbons (Fsp3) is 0.571. The summed E-state index contributed by atoms with van der Waals surface area (Å²) in [5.74, 6) is 2.14. The highest BCUT2D eigenvalue weighted by molar-refractivity contribution is 7.99. The molecule has 2 nitrogen and oxygen atoms in total. The fourth-order valence-electron chi connectivity index (χ4n) is 2.26. The van der Waals surface area contributed by atoms with Crippen molar-refractivity contribution in [3.63, 3.8) is 0 Å². The van der Waals surface area contributed by atoms with Gasteiger partial charge in [0.25, 0.3) is 0 Å². The van der Waals surface area contributed by atoms with Crippen LogP contribution in [0.4, 0.5) is 10.1 Å². The summed E-state index contributed by atoms with van der Waals surface area (Å²) in [4.78, 5) is 2.35. The molecule has 1 aromatic rings. The van der Waals surface area contributed by atoms with Crippen LogP contribution in [0.2, 0.25) is 0 Å². The first-order valence-electron chi connectivity index (χ1n) is 6.57. The highest BCUT2D eigenvalue weighted by Crippen LogP contribution is 2.26. The average Bonchev–Trinajstić information content (AvgIpc) is 2.40. The highest BCUT2D eigenvalue weighted by atomic mass is 32.2. The average molecular weight is 268 g/mol. The minimum atomic E-state index is -0.163. The van der Waals surface area contributed by atoms with Gasteiger partial charge in [-0.2, -0.15) is 11.8 Å². The summed E-state index contributed by atoms with van der Waals surface area (Å²) < 4.78 is 13.4. The summed E-state index contributed by atoms with van der Waals surface area (Å²) in [6, 6.07) is 5.22. The van der Waals surface area contributed by atoms with E-state index in [1.807, 2.05) is 17.8 Å². The third-order valence-corrected chi connectivity index (χ3v) is 4.34. The van der Waals surface area contributed by atoms with Gasteiger partial charge in [0, 0.05) is 36.3 Å². The molecule has 0 aromatic heterocycles. The van der Waals surface area contributed by atoms with Crippen LogP contribution in [0, 0.1) is 5.82 Å². The Morgan fingerprint density at radius 1 is 1.39 bits per heavy atom. The number of halogens is 1. The summed E-state index contributed by atoms with van der Waals surface area (Å²) in [5, 5.41) is 0. The molecule has 0 amide bonds. The molecule has 1 aromatic carbocycles. The number of hydrogen-bond acceptors (Lipinski definition) is 3. The fourth-order valence-corrected chi connectivity index (χ4v) is 3.16. The maximum atomic E-state index is 13.4. The van der Waals surface area contributed by atoms with E-state index >= 15 is 0 Å². The lowest BCUT2D eigenvalue weighted by molar-refractivity contribution is 0.613. The lowest BCUT2D eigenvalue weighted by Crippen LogP contribution is -2.34. The van der Waals surface area contributed by atoms with Crippen molar-refractivity contribution in [2.75, 3.05) is 29.5 Å². The summed E-state index contributed by atoms with van der Waals surface area (Å²) >= 11 is 1.98. The third kappa shape index (κ3) is 3.39. The first-order valence-corrected chi connectivity index (χ1v) is 7.73. The quantitative estimate of drug-likeness (QED) is 0.910. The molecule has 2 rings (SSSR count). The van der Waals surface area contributed by atoms with E-state index in [2.05, 4.69) is 11.8 Å². The largest absolute Gasteiger partial charge is 0.370 e. The molecule has 1 heterocycles. The van der Waals surface area contributed by atoms with E-state index in [-0.39, 0.29) is 11.9 Å². The SMILES string of the molecule is CCC(N)Cc1cc(F)ccc1N1CCSCC1. The van der Waals surface area contributed by atoms with Crippen LogP contribution >= 0.6 is 11.8 Å². The van der Waals surface area contributed by atoms with E-state index in [1.165, 1.54) is 5.69 Å². The molecule has 1 atom stereocenters. The second kappa shape index (κ2) is 6.43. The number of anilines is 1. The Morgan fingerprint density at radius 2 is 2.11 bits per heavy atom. The van der Waals surface area contributed by atoms with E-state index in [0.717, 1.165) is 43.0 Å². The molecule has 100 valence electrons. The number of nitrogens with zero attached hydrogens (tertiary/aromatic N) is 1. The maximum absolute atomic E-state index is 13.4. The summed E-state index contributed by atoms with van der Waals surface area (Å²) in [7, 11) is 0. The zero-order chi connectivity index (χ0) is 13.0. The van der Waals surface area contributed by atoms with Crippen LogP contribution in [0.25, 0.3) is 0 Å². The van der Waals surface area contributed by atoms with Crippen molar-refractivity contribution in [1.82, 2.24) is 0 Å². The predicted octanol–water partition coefficient (Wildman–Crippen LogP) is 2.66. The number of thioether (sulfide) groups is 1. The number of hydrogen-bond donors (Lipinski definition) is 1. The van der Waals surface area contributed by atoms with E-state index in [0.29, 0.717) is 0 Å². The monoisotopic (exact) mass is 268 g/mol. The molecule has 0 spiro atoms. The van der Waals surface area contributed by atoms with Crippen molar-refractivity contribution >= 4 is 17.4 Å². The summed E-state index contributed by atoms with van der Waals surface area (Å²) in [5.41, 5.74) is 8.23. The van der Waals surface area contributed by atoms with Crippen LogP contribution in [0.5, 0.6) is 0 Å². The van der Waals surface area contributed by atoms with Crippen LogP contribution in [0.1, 0.15) is 18.9 Å². The van der Waals surface area contributed by atoms with E-state index < -0.39 is 0 Å². The zero-order valence-corrected chi connectivity index (χ0v) is 11.7. The second-order valence-corrected chi connectivity index (χ2v) is 5.97. The van der Waals surface area contributed by atoms with Gasteiger partial charge in [-0.05, 0) is 36.6 Å². The van der Waals surface area contributed by atoms with Crippen molar-refractivity contribution in [2.24, 2.45) is 5.73 Å².